The summed E-state index contributed by atoms with van der Waals surface area (Å²) in [6.07, 6.45) is 8.31. The fourth-order valence-corrected chi connectivity index (χ4v) is 4.64. The Hall–Kier alpha value is -0.510. The van der Waals surface area contributed by atoms with Crippen molar-refractivity contribution in [2.45, 2.75) is 68.1 Å². The molecule has 2 aliphatic rings. The van der Waals surface area contributed by atoms with Crippen LogP contribution in [0.5, 0.6) is 0 Å². The lowest BCUT2D eigenvalue weighted by atomic mass is 9.98. The minimum Gasteiger partial charge on any atom is -0.371 e. The predicted molar refractivity (Wildman–Crippen MR) is 89.9 cm³/mol. The zero-order valence-electron chi connectivity index (χ0n) is 13.2. The van der Waals surface area contributed by atoms with Crippen molar-refractivity contribution >= 4 is 11.8 Å². The Morgan fingerprint density at radius 3 is 2.90 bits per heavy atom. The molecule has 2 fully saturated rings. The van der Waals surface area contributed by atoms with E-state index >= 15 is 0 Å². The Morgan fingerprint density at radius 2 is 2.14 bits per heavy atom. The molecule has 1 spiro atoms. The maximum absolute atomic E-state index is 6.40. The summed E-state index contributed by atoms with van der Waals surface area (Å²) in [6.45, 7) is 2.20. The summed E-state index contributed by atoms with van der Waals surface area (Å²) in [4.78, 5) is 1.37. The number of thioether (sulfide) groups is 1. The molecule has 3 heteroatoms. The zero-order valence-corrected chi connectivity index (χ0v) is 14.0. The van der Waals surface area contributed by atoms with Gasteiger partial charge in [0.15, 0.2) is 0 Å². The van der Waals surface area contributed by atoms with Crippen LogP contribution in [0.4, 0.5) is 0 Å². The van der Waals surface area contributed by atoms with Crippen LogP contribution in [0.25, 0.3) is 0 Å². The van der Waals surface area contributed by atoms with Gasteiger partial charge in [-0.25, -0.2) is 0 Å². The molecule has 21 heavy (non-hydrogen) atoms. The van der Waals surface area contributed by atoms with Crippen LogP contribution in [-0.4, -0.2) is 24.5 Å². The van der Waals surface area contributed by atoms with Crippen LogP contribution in [0.1, 0.15) is 57.1 Å². The molecule has 1 saturated heterocycles. The summed E-state index contributed by atoms with van der Waals surface area (Å²) >= 11 is 1.95. The van der Waals surface area contributed by atoms with Gasteiger partial charge in [-0.1, -0.05) is 25.0 Å². The average Bonchev–Trinajstić information content (AvgIpc) is 3.15. The normalized spacial score (nSPS) is 25.5. The Balaban J connectivity index is 1.53. The van der Waals surface area contributed by atoms with Gasteiger partial charge in [0.2, 0.25) is 0 Å². The molecule has 1 aromatic rings. The van der Waals surface area contributed by atoms with E-state index in [1.807, 2.05) is 18.8 Å². The molecule has 1 heterocycles. The molecule has 3 rings (SSSR count). The molecule has 2 unspecified atom stereocenters. The number of rotatable bonds is 5. The standard InChI is InChI=1S/C18H27NOS/c1-14(19-2)15-6-5-7-17(12-15)21-13-16-8-11-18(20-16)9-3-4-10-18/h5-7,12,14,16,19H,3-4,8-11,13H2,1-2H3. The van der Waals surface area contributed by atoms with Gasteiger partial charge in [-0.05, 0) is 57.4 Å². The number of nitrogens with one attached hydrogen (secondary N) is 1. The van der Waals surface area contributed by atoms with Gasteiger partial charge < -0.3 is 10.1 Å². The molecule has 1 aromatic carbocycles. The van der Waals surface area contributed by atoms with Crippen LogP contribution in [0.2, 0.25) is 0 Å². The molecule has 0 amide bonds. The number of hydrogen-bond acceptors (Lipinski definition) is 3. The second-order valence-electron chi connectivity index (χ2n) is 6.56. The largest absolute Gasteiger partial charge is 0.371 e. The fraction of sp³-hybridized carbons (Fsp3) is 0.667. The highest BCUT2D eigenvalue weighted by Crippen LogP contribution is 2.44. The molecule has 116 valence electrons. The molecule has 1 aliphatic carbocycles. The van der Waals surface area contributed by atoms with Gasteiger partial charge in [-0.15, -0.1) is 11.8 Å². The third kappa shape index (κ3) is 3.64. The van der Waals surface area contributed by atoms with Crippen LogP contribution in [-0.2, 0) is 4.74 Å². The van der Waals surface area contributed by atoms with E-state index in [-0.39, 0.29) is 5.60 Å². The van der Waals surface area contributed by atoms with E-state index in [1.54, 1.807) is 0 Å². The molecule has 2 atom stereocenters. The Kier molecular flexibility index (Phi) is 4.92. The third-order valence-corrected chi connectivity index (χ3v) is 6.21. The van der Waals surface area contributed by atoms with Crippen molar-refractivity contribution in [3.8, 4) is 0 Å². The van der Waals surface area contributed by atoms with Crippen molar-refractivity contribution in [2.75, 3.05) is 12.8 Å². The summed E-state index contributed by atoms with van der Waals surface area (Å²) in [6, 6.07) is 9.31. The van der Waals surface area contributed by atoms with Crippen LogP contribution in [0.3, 0.4) is 0 Å². The van der Waals surface area contributed by atoms with Crippen molar-refractivity contribution in [2.24, 2.45) is 0 Å². The first kappa shape index (κ1) is 15.4. The maximum Gasteiger partial charge on any atom is 0.0687 e. The predicted octanol–water partition coefficient (Wildman–Crippen LogP) is 4.55. The summed E-state index contributed by atoms with van der Waals surface area (Å²) < 4.78 is 6.40. The van der Waals surface area contributed by atoms with Gasteiger partial charge in [-0.2, -0.15) is 0 Å². The smallest absolute Gasteiger partial charge is 0.0687 e. The summed E-state index contributed by atoms with van der Waals surface area (Å²) in [5, 5.41) is 3.30. The number of hydrogen-bond donors (Lipinski definition) is 1. The van der Waals surface area contributed by atoms with Crippen molar-refractivity contribution in [1.29, 1.82) is 0 Å². The highest BCUT2D eigenvalue weighted by atomic mass is 32.2. The maximum atomic E-state index is 6.40. The molecule has 1 saturated carbocycles. The second kappa shape index (κ2) is 6.72. The van der Waals surface area contributed by atoms with E-state index in [0.717, 1.165) is 5.75 Å². The molecular formula is C18H27NOS. The molecule has 1 aliphatic heterocycles. The first-order chi connectivity index (χ1) is 10.2. The minimum atomic E-state index is 0.272. The lowest BCUT2D eigenvalue weighted by molar-refractivity contribution is -0.0267. The molecular weight excluding hydrogens is 278 g/mol. The van der Waals surface area contributed by atoms with Gasteiger partial charge in [0.1, 0.15) is 0 Å². The van der Waals surface area contributed by atoms with Crippen molar-refractivity contribution < 1.29 is 4.74 Å². The Bertz CT molecular complexity index is 470. The Labute approximate surface area is 133 Å². The van der Waals surface area contributed by atoms with Crippen molar-refractivity contribution in [3.63, 3.8) is 0 Å². The van der Waals surface area contributed by atoms with E-state index < -0.39 is 0 Å². The van der Waals surface area contributed by atoms with E-state index in [0.29, 0.717) is 12.1 Å². The topological polar surface area (TPSA) is 21.3 Å². The quantitative estimate of drug-likeness (QED) is 0.806. The first-order valence-electron chi connectivity index (χ1n) is 8.29. The minimum absolute atomic E-state index is 0.272. The van der Waals surface area contributed by atoms with Crippen molar-refractivity contribution in [3.05, 3.63) is 29.8 Å². The van der Waals surface area contributed by atoms with Gasteiger partial charge >= 0.3 is 0 Å². The molecule has 0 bridgehead atoms. The second-order valence-corrected chi connectivity index (χ2v) is 7.66. The summed E-state index contributed by atoms with van der Waals surface area (Å²) in [5.41, 5.74) is 1.63. The average molecular weight is 305 g/mol. The van der Waals surface area contributed by atoms with Crippen LogP contribution in [0, 0.1) is 0 Å². The van der Waals surface area contributed by atoms with E-state index in [2.05, 4.69) is 36.5 Å². The molecule has 0 aromatic heterocycles. The summed E-state index contributed by atoms with van der Waals surface area (Å²) in [5.74, 6) is 1.10. The first-order valence-corrected chi connectivity index (χ1v) is 9.27. The zero-order chi connectivity index (χ0) is 14.7. The highest BCUT2D eigenvalue weighted by molar-refractivity contribution is 7.99. The SMILES string of the molecule is CNC(C)c1cccc(SCC2CCC3(CCCC3)O2)c1. The molecule has 2 nitrogen and oxygen atoms in total. The van der Waals surface area contributed by atoms with E-state index in [1.165, 1.54) is 49.0 Å². The van der Waals surface area contributed by atoms with Gasteiger partial charge in [-0.3, -0.25) is 0 Å². The van der Waals surface area contributed by atoms with Gasteiger partial charge in [0.25, 0.3) is 0 Å². The van der Waals surface area contributed by atoms with Gasteiger partial charge in [0, 0.05) is 16.7 Å². The van der Waals surface area contributed by atoms with Crippen molar-refractivity contribution in [1.82, 2.24) is 5.32 Å². The molecule has 0 radical (unpaired) electrons. The van der Waals surface area contributed by atoms with E-state index in [9.17, 15) is 0 Å². The van der Waals surface area contributed by atoms with Crippen LogP contribution in [0.15, 0.2) is 29.2 Å². The van der Waals surface area contributed by atoms with Crippen LogP contribution < -0.4 is 5.32 Å². The highest BCUT2D eigenvalue weighted by Gasteiger charge is 2.41. The fourth-order valence-electron chi connectivity index (χ4n) is 3.63. The van der Waals surface area contributed by atoms with Crippen LogP contribution >= 0.6 is 11.8 Å². The number of benzene rings is 1. The lowest BCUT2D eigenvalue weighted by Gasteiger charge is -2.23. The lowest BCUT2D eigenvalue weighted by Crippen LogP contribution is -2.25. The van der Waals surface area contributed by atoms with Gasteiger partial charge in [0.05, 0.1) is 11.7 Å². The number of ether oxygens (including phenoxy) is 1. The third-order valence-electron chi connectivity index (χ3n) is 5.08. The monoisotopic (exact) mass is 305 g/mol. The van der Waals surface area contributed by atoms with E-state index in [4.69, 9.17) is 4.74 Å². The Morgan fingerprint density at radius 1 is 1.33 bits per heavy atom. The summed E-state index contributed by atoms with van der Waals surface area (Å²) in [7, 11) is 2.01. The molecule has 1 N–H and O–H groups in total.